The summed E-state index contributed by atoms with van der Waals surface area (Å²) in [6, 6.07) is 20.6. The molecular formula is C24H25N3O4S. The van der Waals surface area contributed by atoms with Gasteiger partial charge in [-0.05, 0) is 67.9 Å². The second-order valence-corrected chi connectivity index (χ2v) is 9.09. The first-order valence-corrected chi connectivity index (χ1v) is 11.4. The first-order chi connectivity index (χ1) is 15.3. The molecule has 3 aromatic carbocycles. The normalized spacial score (nSPS) is 11.3. The van der Waals surface area contributed by atoms with Gasteiger partial charge in [-0.3, -0.25) is 9.10 Å². The lowest BCUT2D eigenvalue weighted by Gasteiger charge is -2.24. The van der Waals surface area contributed by atoms with Gasteiger partial charge in [-0.15, -0.1) is 0 Å². The summed E-state index contributed by atoms with van der Waals surface area (Å²) in [6.45, 7) is 3.37. The smallest absolute Gasteiger partial charge is 0.264 e. The zero-order chi connectivity index (χ0) is 23.1. The Hall–Kier alpha value is -3.65. The van der Waals surface area contributed by atoms with Gasteiger partial charge in [0.2, 0.25) is 0 Å². The number of hydrogen-bond acceptors (Lipinski definition) is 5. The van der Waals surface area contributed by atoms with E-state index in [0.717, 1.165) is 21.0 Å². The van der Waals surface area contributed by atoms with Crippen LogP contribution in [0.1, 0.15) is 16.7 Å². The van der Waals surface area contributed by atoms with Gasteiger partial charge >= 0.3 is 0 Å². The average Bonchev–Trinajstić information content (AvgIpc) is 2.79. The first-order valence-electron chi connectivity index (χ1n) is 9.91. The number of amides is 1. The minimum absolute atomic E-state index is 0.109. The van der Waals surface area contributed by atoms with Crippen LogP contribution in [0, 0.1) is 13.8 Å². The molecule has 8 heteroatoms. The van der Waals surface area contributed by atoms with Crippen LogP contribution < -0.4 is 14.5 Å². The quantitative estimate of drug-likeness (QED) is 0.418. The molecule has 0 heterocycles. The van der Waals surface area contributed by atoms with Crippen molar-refractivity contribution in [3.05, 3.63) is 89.5 Å². The number of nitrogens with one attached hydrogen (secondary N) is 1. The minimum atomic E-state index is -3.96. The van der Waals surface area contributed by atoms with Gasteiger partial charge in [-0.1, -0.05) is 35.4 Å². The third-order valence-corrected chi connectivity index (χ3v) is 6.52. The zero-order valence-corrected chi connectivity index (χ0v) is 19.0. The highest BCUT2D eigenvalue weighted by molar-refractivity contribution is 7.92. The molecule has 3 rings (SSSR count). The highest BCUT2D eigenvalue weighted by atomic mass is 32.2. The fourth-order valence-electron chi connectivity index (χ4n) is 2.90. The van der Waals surface area contributed by atoms with Crippen LogP contribution in [0.5, 0.6) is 5.75 Å². The number of carbonyl (C=O) groups is 1. The average molecular weight is 452 g/mol. The molecule has 32 heavy (non-hydrogen) atoms. The Morgan fingerprint density at radius 2 is 1.50 bits per heavy atom. The lowest BCUT2D eigenvalue weighted by Crippen LogP contribution is -2.39. The molecule has 0 bridgehead atoms. The number of hydrogen-bond donors (Lipinski definition) is 1. The molecule has 0 unspecified atom stereocenters. The van der Waals surface area contributed by atoms with Crippen molar-refractivity contribution in [1.29, 1.82) is 0 Å². The number of anilines is 1. The maximum absolute atomic E-state index is 13.3. The number of carbonyl (C=O) groups excluding carboxylic acids is 1. The SMILES string of the molecule is COc1ccc(/C=N\NC(=O)CN(c2ccc(C)cc2)S(=O)(=O)c2ccc(C)cc2)cc1. The van der Waals surface area contributed by atoms with Gasteiger partial charge in [-0.25, -0.2) is 13.8 Å². The van der Waals surface area contributed by atoms with Gasteiger partial charge < -0.3 is 4.74 Å². The van der Waals surface area contributed by atoms with E-state index in [1.54, 1.807) is 67.8 Å². The van der Waals surface area contributed by atoms with Gasteiger partial charge in [-0.2, -0.15) is 5.10 Å². The van der Waals surface area contributed by atoms with Crippen LogP contribution in [0.2, 0.25) is 0 Å². The van der Waals surface area contributed by atoms with Crippen molar-refractivity contribution < 1.29 is 17.9 Å². The summed E-state index contributed by atoms with van der Waals surface area (Å²) in [7, 11) is -2.38. The maximum Gasteiger partial charge on any atom is 0.264 e. The molecule has 3 aromatic rings. The summed E-state index contributed by atoms with van der Waals surface area (Å²) >= 11 is 0. The second-order valence-electron chi connectivity index (χ2n) is 7.23. The Bertz CT molecular complexity index is 1190. The molecule has 0 fully saturated rings. The number of rotatable bonds is 8. The highest BCUT2D eigenvalue weighted by Crippen LogP contribution is 2.24. The van der Waals surface area contributed by atoms with Crippen LogP contribution in [0.15, 0.2) is 82.8 Å². The first kappa shape index (κ1) is 23.0. The summed E-state index contributed by atoms with van der Waals surface area (Å²) in [5.74, 6) is 0.146. The van der Waals surface area contributed by atoms with Crippen LogP contribution in [-0.4, -0.2) is 34.2 Å². The van der Waals surface area contributed by atoms with Crippen LogP contribution in [-0.2, 0) is 14.8 Å². The van der Waals surface area contributed by atoms with Crippen LogP contribution in [0.25, 0.3) is 0 Å². The van der Waals surface area contributed by atoms with Crippen molar-refractivity contribution in [1.82, 2.24) is 5.43 Å². The van der Waals surface area contributed by atoms with Crippen molar-refractivity contribution >= 4 is 27.8 Å². The molecule has 0 saturated heterocycles. The van der Waals surface area contributed by atoms with Gasteiger partial charge in [0.1, 0.15) is 12.3 Å². The third-order valence-electron chi connectivity index (χ3n) is 4.74. The lowest BCUT2D eigenvalue weighted by molar-refractivity contribution is -0.119. The molecule has 1 amide bonds. The Morgan fingerprint density at radius 1 is 0.938 bits per heavy atom. The van der Waals surface area contributed by atoms with E-state index in [1.807, 2.05) is 13.8 Å². The predicted octanol–water partition coefficient (Wildman–Crippen LogP) is 3.66. The number of nitrogens with zero attached hydrogens (tertiary/aromatic N) is 2. The molecule has 166 valence electrons. The van der Waals surface area contributed by atoms with E-state index < -0.39 is 22.5 Å². The van der Waals surface area contributed by atoms with E-state index >= 15 is 0 Å². The Kier molecular flexibility index (Phi) is 7.27. The second kappa shape index (κ2) is 10.1. The largest absolute Gasteiger partial charge is 0.497 e. The standard InChI is InChI=1S/C24H25N3O4S/c1-18-4-10-21(11-5-18)27(32(29,30)23-14-6-19(2)7-15-23)17-24(28)26-25-16-20-8-12-22(31-3)13-9-20/h4-16H,17H2,1-3H3,(H,26,28)/b25-16-. The number of sulfonamides is 1. The van der Waals surface area contributed by atoms with Gasteiger partial charge in [0.25, 0.3) is 15.9 Å². The highest BCUT2D eigenvalue weighted by Gasteiger charge is 2.27. The zero-order valence-electron chi connectivity index (χ0n) is 18.1. The predicted molar refractivity (Wildman–Crippen MR) is 126 cm³/mol. The number of ether oxygens (including phenoxy) is 1. The van der Waals surface area contributed by atoms with Crippen molar-refractivity contribution in [2.24, 2.45) is 5.10 Å². The molecule has 7 nitrogen and oxygen atoms in total. The van der Waals surface area contributed by atoms with Gasteiger partial charge in [0.15, 0.2) is 0 Å². The Labute approximate surface area is 188 Å². The lowest BCUT2D eigenvalue weighted by atomic mass is 10.2. The summed E-state index contributed by atoms with van der Waals surface area (Å²) in [5.41, 5.74) is 5.47. The Balaban J connectivity index is 1.80. The summed E-state index contributed by atoms with van der Waals surface area (Å²) in [4.78, 5) is 12.7. The third kappa shape index (κ3) is 5.73. The van der Waals surface area contributed by atoms with Crippen LogP contribution in [0.3, 0.4) is 0 Å². The van der Waals surface area contributed by atoms with Crippen LogP contribution >= 0.6 is 0 Å². The van der Waals surface area contributed by atoms with E-state index in [-0.39, 0.29) is 4.90 Å². The molecule has 0 aliphatic heterocycles. The summed E-state index contributed by atoms with van der Waals surface area (Å²) in [6.07, 6.45) is 1.47. The summed E-state index contributed by atoms with van der Waals surface area (Å²) < 4.78 is 32.8. The molecule has 0 aliphatic carbocycles. The molecule has 0 aliphatic rings. The number of aryl methyl sites for hydroxylation is 2. The molecule has 0 spiro atoms. The summed E-state index contributed by atoms with van der Waals surface area (Å²) in [5, 5.41) is 3.94. The topological polar surface area (TPSA) is 88.1 Å². The van der Waals surface area contributed by atoms with Crippen molar-refractivity contribution in [2.45, 2.75) is 18.7 Å². The van der Waals surface area contributed by atoms with E-state index in [1.165, 1.54) is 18.3 Å². The number of methoxy groups -OCH3 is 1. The number of benzene rings is 3. The van der Waals surface area contributed by atoms with E-state index in [4.69, 9.17) is 4.74 Å². The fraction of sp³-hybridized carbons (Fsp3) is 0.167. The van der Waals surface area contributed by atoms with E-state index in [2.05, 4.69) is 10.5 Å². The van der Waals surface area contributed by atoms with Gasteiger partial charge in [0.05, 0.1) is 23.9 Å². The van der Waals surface area contributed by atoms with Crippen molar-refractivity contribution in [3.8, 4) is 5.75 Å². The monoisotopic (exact) mass is 451 g/mol. The van der Waals surface area contributed by atoms with Crippen molar-refractivity contribution in [3.63, 3.8) is 0 Å². The molecule has 0 radical (unpaired) electrons. The molecule has 0 atom stereocenters. The maximum atomic E-state index is 13.3. The van der Waals surface area contributed by atoms with Crippen molar-refractivity contribution in [2.75, 3.05) is 18.0 Å². The number of hydrazone groups is 1. The molecular weight excluding hydrogens is 426 g/mol. The Morgan fingerprint density at radius 3 is 2.06 bits per heavy atom. The van der Waals surface area contributed by atoms with E-state index in [0.29, 0.717) is 11.4 Å². The van der Waals surface area contributed by atoms with Crippen LogP contribution in [0.4, 0.5) is 5.69 Å². The van der Waals surface area contributed by atoms with E-state index in [9.17, 15) is 13.2 Å². The molecule has 1 N–H and O–H groups in total. The fourth-order valence-corrected chi connectivity index (χ4v) is 4.32. The molecule has 0 aromatic heterocycles. The minimum Gasteiger partial charge on any atom is -0.497 e. The van der Waals surface area contributed by atoms with Gasteiger partial charge in [0, 0.05) is 0 Å². The molecule has 0 saturated carbocycles.